The number of amides is 3. The van der Waals surface area contributed by atoms with Crippen LogP contribution in [0.15, 0.2) is 16.7 Å². The lowest BCUT2D eigenvalue weighted by atomic mass is 9.95. The molecule has 2 rings (SSSR count). The Kier molecular flexibility index (Phi) is 5.81. The molecule has 23 heavy (non-hydrogen) atoms. The molecule has 1 saturated heterocycles. The number of carbonyl (C=O) groups is 3. The number of hydrogen-bond acceptors (Lipinski definition) is 3. The molecule has 1 aliphatic heterocycles. The summed E-state index contributed by atoms with van der Waals surface area (Å²) in [5.41, 5.74) is 5.20. The lowest BCUT2D eigenvalue weighted by Crippen LogP contribution is -2.48. The molecule has 1 aliphatic rings. The summed E-state index contributed by atoms with van der Waals surface area (Å²) in [5, 5.41) is 0. The SMILES string of the molecule is CC(C)C(=O)N1CCC(C(=O)NNC(=O)c2cc(Br)c[nH]2)CC1. The zero-order valence-electron chi connectivity index (χ0n) is 13.2. The van der Waals surface area contributed by atoms with Crippen molar-refractivity contribution >= 4 is 33.7 Å². The second-order valence-electron chi connectivity index (χ2n) is 5.93. The van der Waals surface area contributed by atoms with E-state index >= 15 is 0 Å². The van der Waals surface area contributed by atoms with Gasteiger partial charge in [0.05, 0.1) is 0 Å². The lowest BCUT2D eigenvalue weighted by molar-refractivity contribution is -0.138. The first-order chi connectivity index (χ1) is 10.9. The number of rotatable bonds is 3. The van der Waals surface area contributed by atoms with Crippen molar-refractivity contribution in [3.05, 3.63) is 22.4 Å². The van der Waals surface area contributed by atoms with Crippen LogP contribution in [0, 0.1) is 11.8 Å². The van der Waals surface area contributed by atoms with Gasteiger partial charge >= 0.3 is 0 Å². The van der Waals surface area contributed by atoms with Gasteiger partial charge in [0.2, 0.25) is 11.8 Å². The fourth-order valence-corrected chi connectivity index (χ4v) is 2.86. The van der Waals surface area contributed by atoms with Crippen molar-refractivity contribution in [2.24, 2.45) is 11.8 Å². The molecular formula is C15H21BrN4O3. The quantitative estimate of drug-likeness (QED) is 0.688. The summed E-state index contributed by atoms with van der Waals surface area (Å²) >= 11 is 3.24. The van der Waals surface area contributed by atoms with E-state index in [4.69, 9.17) is 0 Å². The van der Waals surface area contributed by atoms with Gasteiger partial charge in [0, 0.05) is 35.6 Å². The first kappa shape index (κ1) is 17.5. The number of carbonyl (C=O) groups excluding carboxylic acids is 3. The van der Waals surface area contributed by atoms with Crippen molar-refractivity contribution in [3.8, 4) is 0 Å². The van der Waals surface area contributed by atoms with Crippen LogP contribution in [-0.4, -0.2) is 40.7 Å². The Morgan fingerprint density at radius 1 is 1.26 bits per heavy atom. The van der Waals surface area contributed by atoms with E-state index in [0.29, 0.717) is 31.6 Å². The number of halogens is 1. The summed E-state index contributed by atoms with van der Waals surface area (Å²) in [4.78, 5) is 40.4. The Labute approximate surface area is 143 Å². The van der Waals surface area contributed by atoms with Gasteiger partial charge in [-0.3, -0.25) is 25.2 Å². The Hall–Kier alpha value is -1.83. The highest BCUT2D eigenvalue weighted by molar-refractivity contribution is 9.10. The summed E-state index contributed by atoms with van der Waals surface area (Å²) in [5.74, 6) is -0.728. The normalized spacial score (nSPS) is 15.6. The first-order valence-corrected chi connectivity index (χ1v) is 8.40. The molecule has 0 atom stereocenters. The number of hydrazine groups is 1. The molecule has 0 radical (unpaired) electrons. The molecule has 1 aromatic rings. The number of aromatic nitrogens is 1. The molecule has 126 valence electrons. The van der Waals surface area contributed by atoms with Crippen LogP contribution >= 0.6 is 15.9 Å². The Morgan fingerprint density at radius 2 is 1.91 bits per heavy atom. The molecule has 0 aromatic carbocycles. The third-order valence-electron chi connectivity index (χ3n) is 3.86. The number of nitrogens with one attached hydrogen (secondary N) is 3. The number of likely N-dealkylation sites (tertiary alicyclic amines) is 1. The van der Waals surface area contributed by atoms with Crippen LogP contribution in [0.5, 0.6) is 0 Å². The number of nitrogens with zero attached hydrogens (tertiary/aromatic N) is 1. The van der Waals surface area contributed by atoms with Crippen molar-refractivity contribution in [2.75, 3.05) is 13.1 Å². The van der Waals surface area contributed by atoms with Crippen molar-refractivity contribution < 1.29 is 14.4 Å². The fraction of sp³-hybridized carbons (Fsp3) is 0.533. The summed E-state index contributed by atoms with van der Waals surface area (Å²) in [7, 11) is 0. The third kappa shape index (κ3) is 4.57. The van der Waals surface area contributed by atoms with Gasteiger partial charge in [-0.25, -0.2) is 0 Å². The molecular weight excluding hydrogens is 364 g/mol. The van der Waals surface area contributed by atoms with Gasteiger partial charge in [-0.05, 0) is 34.8 Å². The van der Waals surface area contributed by atoms with Gasteiger partial charge in [-0.15, -0.1) is 0 Å². The van der Waals surface area contributed by atoms with Crippen LogP contribution in [-0.2, 0) is 9.59 Å². The Morgan fingerprint density at radius 3 is 2.43 bits per heavy atom. The molecule has 7 nitrogen and oxygen atoms in total. The van der Waals surface area contributed by atoms with Crippen LogP contribution in [0.1, 0.15) is 37.2 Å². The maximum absolute atomic E-state index is 12.1. The summed E-state index contributed by atoms with van der Waals surface area (Å²) < 4.78 is 0.760. The Bertz CT molecular complexity index is 591. The van der Waals surface area contributed by atoms with Crippen LogP contribution in [0.4, 0.5) is 0 Å². The largest absolute Gasteiger partial charge is 0.356 e. The molecule has 3 amide bonds. The van der Waals surface area contributed by atoms with Gasteiger partial charge in [0.1, 0.15) is 5.69 Å². The highest BCUT2D eigenvalue weighted by Gasteiger charge is 2.28. The molecule has 0 unspecified atom stereocenters. The highest BCUT2D eigenvalue weighted by atomic mass is 79.9. The smallest absolute Gasteiger partial charge is 0.286 e. The van der Waals surface area contributed by atoms with Gasteiger partial charge in [-0.1, -0.05) is 13.8 Å². The molecule has 2 heterocycles. The monoisotopic (exact) mass is 384 g/mol. The van der Waals surface area contributed by atoms with Crippen LogP contribution in [0.25, 0.3) is 0 Å². The fourth-order valence-electron chi connectivity index (χ4n) is 2.51. The molecule has 1 aromatic heterocycles. The van der Waals surface area contributed by atoms with E-state index in [1.165, 1.54) is 0 Å². The minimum atomic E-state index is -0.406. The highest BCUT2D eigenvalue weighted by Crippen LogP contribution is 2.18. The van der Waals surface area contributed by atoms with E-state index in [1.54, 1.807) is 17.2 Å². The summed E-state index contributed by atoms with van der Waals surface area (Å²) in [6.07, 6.45) is 2.85. The standard InChI is InChI=1S/C15H21BrN4O3/c1-9(2)15(23)20-5-3-10(4-6-20)13(21)18-19-14(22)12-7-11(16)8-17-12/h7-10,17H,3-6H2,1-2H3,(H,18,21)(H,19,22). The van der Waals surface area contributed by atoms with E-state index in [-0.39, 0.29) is 23.7 Å². The number of piperidine rings is 1. The number of hydrogen-bond donors (Lipinski definition) is 3. The van der Waals surface area contributed by atoms with Crippen LogP contribution in [0.3, 0.4) is 0 Å². The minimum Gasteiger partial charge on any atom is -0.356 e. The van der Waals surface area contributed by atoms with E-state index in [0.717, 1.165) is 4.47 Å². The average molecular weight is 385 g/mol. The summed E-state index contributed by atoms with van der Waals surface area (Å²) in [6.45, 7) is 4.89. The van der Waals surface area contributed by atoms with Crippen molar-refractivity contribution in [2.45, 2.75) is 26.7 Å². The maximum Gasteiger partial charge on any atom is 0.286 e. The molecule has 0 bridgehead atoms. The topological polar surface area (TPSA) is 94.3 Å². The van der Waals surface area contributed by atoms with E-state index in [9.17, 15) is 14.4 Å². The number of H-pyrrole nitrogens is 1. The van der Waals surface area contributed by atoms with Crippen LogP contribution < -0.4 is 10.9 Å². The van der Waals surface area contributed by atoms with Crippen molar-refractivity contribution in [1.29, 1.82) is 0 Å². The van der Waals surface area contributed by atoms with Crippen molar-refractivity contribution in [1.82, 2.24) is 20.7 Å². The van der Waals surface area contributed by atoms with Gasteiger partial charge in [0.15, 0.2) is 0 Å². The molecule has 0 spiro atoms. The van der Waals surface area contributed by atoms with E-state index in [2.05, 4.69) is 31.8 Å². The average Bonchev–Trinajstić information content (AvgIpc) is 2.98. The van der Waals surface area contributed by atoms with E-state index in [1.807, 2.05) is 13.8 Å². The predicted molar refractivity (Wildman–Crippen MR) is 88.2 cm³/mol. The minimum absolute atomic E-state index is 0.0280. The Balaban J connectivity index is 1.77. The molecule has 8 heteroatoms. The second kappa shape index (κ2) is 7.63. The molecule has 1 fully saturated rings. The first-order valence-electron chi connectivity index (χ1n) is 7.61. The maximum atomic E-state index is 12.1. The number of aromatic amines is 1. The summed E-state index contributed by atoms with van der Waals surface area (Å²) in [6, 6.07) is 1.62. The van der Waals surface area contributed by atoms with Crippen molar-refractivity contribution in [3.63, 3.8) is 0 Å². The zero-order valence-corrected chi connectivity index (χ0v) is 14.8. The molecule has 0 saturated carbocycles. The predicted octanol–water partition coefficient (Wildman–Crippen LogP) is 1.43. The second-order valence-corrected chi connectivity index (χ2v) is 6.84. The molecule has 3 N–H and O–H groups in total. The van der Waals surface area contributed by atoms with Gasteiger partial charge in [0.25, 0.3) is 5.91 Å². The van der Waals surface area contributed by atoms with Gasteiger partial charge in [-0.2, -0.15) is 0 Å². The van der Waals surface area contributed by atoms with Crippen LogP contribution in [0.2, 0.25) is 0 Å². The van der Waals surface area contributed by atoms with E-state index < -0.39 is 5.91 Å². The van der Waals surface area contributed by atoms with Gasteiger partial charge < -0.3 is 9.88 Å². The third-order valence-corrected chi connectivity index (χ3v) is 4.32. The lowest BCUT2D eigenvalue weighted by Gasteiger charge is -2.32. The molecule has 0 aliphatic carbocycles. The zero-order chi connectivity index (χ0) is 17.0.